The van der Waals surface area contributed by atoms with Gasteiger partial charge in [-0.2, -0.15) is 5.10 Å². The maximum atomic E-state index is 4.38. The molecule has 2 aromatic heterocycles. The second-order valence-corrected chi connectivity index (χ2v) is 5.19. The summed E-state index contributed by atoms with van der Waals surface area (Å²) in [6.45, 7) is 2.11. The third-order valence-corrected chi connectivity index (χ3v) is 3.98. The summed E-state index contributed by atoms with van der Waals surface area (Å²) in [5.41, 5.74) is 4.33. The third kappa shape index (κ3) is 2.40. The van der Waals surface area contributed by atoms with Crippen LogP contribution in [0.1, 0.15) is 36.7 Å². The topological polar surface area (TPSA) is 44.8 Å². The van der Waals surface area contributed by atoms with Crippen LogP contribution in [-0.4, -0.2) is 26.6 Å². The molecule has 90 valence electrons. The van der Waals surface area contributed by atoms with Gasteiger partial charge in [0.05, 0.1) is 22.9 Å². The highest BCUT2D eigenvalue weighted by molar-refractivity contribution is 7.07. The van der Waals surface area contributed by atoms with Gasteiger partial charge in [0.25, 0.3) is 0 Å². The first-order valence-electron chi connectivity index (χ1n) is 6.04. The van der Waals surface area contributed by atoms with Crippen molar-refractivity contribution in [3.8, 4) is 0 Å². The fourth-order valence-corrected chi connectivity index (χ4v) is 3.06. The van der Waals surface area contributed by atoms with Gasteiger partial charge in [-0.15, -0.1) is 11.3 Å². The van der Waals surface area contributed by atoms with E-state index in [4.69, 9.17) is 0 Å². The minimum atomic E-state index is 0.480. The van der Waals surface area contributed by atoms with E-state index in [1.807, 2.05) is 11.7 Å². The Balaban J connectivity index is 1.76. The van der Waals surface area contributed by atoms with E-state index < -0.39 is 0 Å². The number of rotatable bonds is 3. The highest BCUT2D eigenvalue weighted by Gasteiger charge is 2.25. The Hall–Kier alpha value is -1.20. The fourth-order valence-electron chi connectivity index (χ4n) is 2.51. The molecule has 1 N–H and O–H groups in total. The Bertz CT molecular complexity index is 437. The second kappa shape index (κ2) is 4.98. The van der Waals surface area contributed by atoms with Gasteiger partial charge in [-0.3, -0.25) is 10.00 Å². The van der Waals surface area contributed by atoms with Crippen LogP contribution in [0.15, 0.2) is 23.2 Å². The molecule has 3 rings (SSSR count). The number of H-pyrrole nitrogens is 1. The summed E-state index contributed by atoms with van der Waals surface area (Å²) in [4.78, 5) is 6.88. The summed E-state index contributed by atoms with van der Waals surface area (Å²) in [5, 5.41) is 9.31. The lowest BCUT2D eigenvalue weighted by molar-refractivity contribution is 0.136. The molecule has 1 aliphatic heterocycles. The Morgan fingerprint density at radius 1 is 1.47 bits per heavy atom. The molecular weight excluding hydrogens is 232 g/mol. The molecule has 0 radical (unpaired) electrons. The average Bonchev–Trinajstić information content (AvgIpc) is 3.01. The number of piperidine rings is 1. The van der Waals surface area contributed by atoms with Gasteiger partial charge in [-0.25, -0.2) is 4.98 Å². The molecule has 2 aromatic rings. The predicted octanol–water partition coefficient (Wildman–Crippen LogP) is 2.59. The van der Waals surface area contributed by atoms with Gasteiger partial charge in [0.15, 0.2) is 0 Å². The Labute approximate surface area is 105 Å². The minimum Gasteiger partial charge on any atom is -0.289 e. The van der Waals surface area contributed by atoms with E-state index in [1.165, 1.54) is 30.7 Å². The van der Waals surface area contributed by atoms with Crippen molar-refractivity contribution in [2.45, 2.75) is 31.8 Å². The van der Waals surface area contributed by atoms with Crippen LogP contribution in [0.5, 0.6) is 0 Å². The fraction of sp³-hybridized carbons (Fsp3) is 0.500. The van der Waals surface area contributed by atoms with Crippen LogP contribution in [0, 0.1) is 0 Å². The van der Waals surface area contributed by atoms with E-state index in [2.05, 4.69) is 31.5 Å². The van der Waals surface area contributed by atoms with Gasteiger partial charge in [0.2, 0.25) is 0 Å². The maximum absolute atomic E-state index is 4.38. The number of hydrogen-bond acceptors (Lipinski definition) is 4. The van der Waals surface area contributed by atoms with Gasteiger partial charge in [-0.05, 0) is 25.5 Å². The lowest BCUT2D eigenvalue weighted by Crippen LogP contribution is -2.33. The lowest BCUT2D eigenvalue weighted by Gasteiger charge is -2.34. The number of nitrogens with zero attached hydrogens (tertiary/aromatic N) is 3. The number of hydrogen-bond donors (Lipinski definition) is 1. The van der Waals surface area contributed by atoms with E-state index in [-0.39, 0.29) is 0 Å². The highest BCUT2D eigenvalue weighted by atomic mass is 32.1. The molecule has 1 aliphatic rings. The van der Waals surface area contributed by atoms with Crippen LogP contribution in [0.2, 0.25) is 0 Å². The quantitative estimate of drug-likeness (QED) is 0.908. The van der Waals surface area contributed by atoms with Crippen LogP contribution in [0.4, 0.5) is 0 Å². The number of aromatic nitrogens is 3. The van der Waals surface area contributed by atoms with Crippen molar-refractivity contribution in [2.75, 3.05) is 6.54 Å². The molecule has 17 heavy (non-hydrogen) atoms. The van der Waals surface area contributed by atoms with Gasteiger partial charge >= 0.3 is 0 Å². The van der Waals surface area contributed by atoms with E-state index >= 15 is 0 Å². The molecule has 0 unspecified atom stereocenters. The lowest BCUT2D eigenvalue weighted by atomic mass is 9.99. The Kier molecular flexibility index (Phi) is 3.20. The largest absolute Gasteiger partial charge is 0.289 e. The third-order valence-electron chi connectivity index (χ3n) is 3.34. The van der Waals surface area contributed by atoms with E-state index in [9.17, 15) is 0 Å². The zero-order valence-corrected chi connectivity index (χ0v) is 10.5. The van der Waals surface area contributed by atoms with E-state index in [0.29, 0.717) is 6.04 Å². The predicted molar refractivity (Wildman–Crippen MR) is 67.7 cm³/mol. The molecule has 1 fully saturated rings. The normalized spacial score (nSPS) is 21.8. The van der Waals surface area contributed by atoms with Crippen LogP contribution in [-0.2, 0) is 6.54 Å². The van der Waals surface area contributed by atoms with Crippen molar-refractivity contribution in [1.82, 2.24) is 20.1 Å². The second-order valence-electron chi connectivity index (χ2n) is 4.47. The van der Waals surface area contributed by atoms with Crippen LogP contribution in [0.3, 0.4) is 0 Å². The van der Waals surface area contributed by atoms with E-state index in [0.717, 1.165) is 13.1 Å². The molecule has 0 saturated carbocycles. The molecule has 1 atom stereocenters. The molecule has 0 amide bonds. The molecule has 0 aliphatic carbocycles. The standard InChI is InChI=1S/C12H16N4S/c1-2-6-16(7-10-8-17-9-13-10)12(3-1)11-4-5-14-15-11/h4-5,8-9,12H,1-3,6-7H2,(H,14,15)/t12-/m1/s1. The van der Waals surface area contributed by atoms with E-state index in [1.54, 1.807) is 11.3 Å². The summed E-state index contributed by atoms with van der Waals surface area (Å²) in [6, 6.07) is 2.57. The smallest absolute Gasteiger partial charge is 0.0795 e. The summed E-state index contributed by atoms with van der Waals surface area (Å²) in [6.07, 6.45) is 5.64. The minimum absolute atomic E-state index is 0.480. The molecule has 0 spiro atoms. The van der Waals surface area contributed by atoms with Crippen molar-refractivity contribution >= 4 is 11.3 Å². The monoisotopic (exact) mass is 248 g/mol. The molecule has 5 heteroatoms. The maximum Gasteiger partial charge on any atom is 0.0795 e. The molecule has 0 aromatic carbocycles. The van der Waals surface area contributed by atoms with Crippen molar-refractivity contribution in [2.24, 2.45) is 0 Å². The summed E-state index contributed by atoms with van der Waals surface area (Å²) in [7, 11) is 0. The van der Waals surface area contributed by atoms with Crippen LogP contribution in [0.25, 0.3) is 0 Å². The molecule has 1 saturated heterocycles. The summed E-state index contributed by atoms with van der Waals surface area (Å²) < 4.78 is 0. The van der Waals surface area contributed by atoms with Crippen molar-refractivity contribution < 1.29 is 0 Å². The summed E-state index contributed by atoms with van der Waals surface area (Å²) >= 11 is 1.67. The molecule has 4 nitrogen and oxygen atoms in total. The van der Waals surface area contributed by atoms with Crippen LogP contribution < -0.4 is 0 Å². The molecule has 0 bridgehead atoms. The number of likely N-dealkylation sites (tertiary alicyclic amines) is 1. The van der Waals surface area contributed by atoms with Crippen molar-refractivity contribution in [1.29, 1.82) is 0 Å². The average molecular weight is 248 g/mol. The molecular formula is C12H16N4S. The first-order valence-corrected chi connectivity index (χ1v) is 6.98. The Morgan fingerprint density at radius 2 is 2.47 bits per heavy atom. The number of aromatic amines is 1. The Morgan fingerprint density at radius 3 is 3.24 bits per heavy atom. The zero-order valence-electron chi connectivity index (χ0n) is 9.67. The first-order chi connectivity index (χ1) is 8.43. The van der Waals surface area contributed by atoms with Gasteiger partial charge in [0.1, 0.15) is 0 Å². The van der Waals surface area contributed by atoms with Crippen LogP contribution >= 0.6 is 11.3 Å². The van der Waals surface area contributed by atoms with Gasteiger partial charge in [-0.1, -0.05) is 6.42 Å². The summed E-state index contributed by atoms with van der Waals surface area (Å²) in [5.74, 6) is 0. The zero-order chi connectivity index (χ0) is 11.5. The number of thiazole rings is 1. The SMILES string of the molecule is c1cc([C@H]2CCCCN2Cc2cscn2)[nH]n1. The molecule has 3 heterocycles. The first kappa shape index (κ1) is 10.9. The highest BCUT2D eigenvalue weighted by Crippen LogP contribution is 2.30. The van der Waals surface area contributed by atoms with Crippen molar-refractivity contribution in [3.05, 3.63) is 34.5 Å². The van der Waals surface area contributed by atoms with Crippen molar-refractivity contribution in [3.63, 3.8) is 0 Å². The van der Waals surface area contributed by atoms with Gasteiger partial charge in [0, 0.05) is 18.1 Å². The number of nitrogens with one attached hydrogen (secondary N) is 1. The van der Waals surface area contributed by atoms with Gasteiger partial charge < -0.3 is 0 Å².